The summed E-state index contributed by atoms with van der Waals surface area (Å²) in [5, 5.41) is 10.0. The van der Waals surface area contributed by atoms with Crippen LogP contribution in [0.3, 0.4) is 0 Å². The number of esters is 1. The molecule has 0 aromatic carbocycles. The molecular formula is C14H24O3. The van der Waals surface area contributed by atoms with Crippen molar-refractivity contribution < 1.29 is 14.6 Å². The molecule has 1 aliphatic rings. The van der Waals surface area contributed by atoms with Crippen LogP contribution in [0.15, 0.2) is 12.7 Å². The Balaban J connectivity index is 2.31. The van der Waals surface area contributed by atoms with Gasteiger partial charge in [-0.15, -0.1) is 6.58 Å². The smallest absolute Gasteiger partial charge is 0.308 e. The lowest BCUT2D eigenvalue weighted by atomic mass is 9.90. The lowest BCUT2D eigenvalue weighted by Crippen LogP contribution is -2.24. The summed E-state index contributed by atoms with van der Waals surface area (Å²) in [4.78, 5) is 11.3. The number of ether oxygens (including phenoxy) is 1. The highest BCUT2D eigenvalue weighted by Gasteiger charge is 2.26. The predicted molar refractivity (Wildman–Crippen MR) is 67.5 cm³/mol. The van der Waals surface area contributed by atoms with Gasteiger partial charge < -0.3 is 9.84 Å². The first-order valence-electron chi connectivity index (χ1n) is 6.62. The molecule has 0 amide bonds. The van der Waals surface area contributed by atoms with Crippen LogP contribution in [-0.2, 0) is 9.53 Å². The molecule has 1 saturated carbocycles. The first-order chi connectivity index (χ1) is 8.17. The van der Waals surface area contributed by atoms with Crippen LogP contribution in [0, 0.1) is 11.8 Å². The molecule has 1 rings (SSSR count). The van der Waals surface area contributed by atoms with Crippen LogP contribution in [0.4, 0.5) is 0 Å². The summed E-state index contributed by atoms with van der Waals surface area (Å²) in [5.41, 5.74) is 0. The number of rotatable bonds is 9. The SMILES string of the molecule is C=CCC(CCC1CC1)C(O)CC(=O)OCC. The van der Waals surface area contributed by atoms with Crippen LogP contribution in [0.25, 0.3) is 0 Å². The third kappa shape index (κ3) is 5.87. The van der Waals surface area contributed by atoms with Crippen molar-refractivity contribution >= 4 is 5.97 Å². The zero-order valence-electron chi connectivity index (χ0n) is 10.7. The molecule has 1 N–H and O–H groups in total. The highest BCUT2D eigenvalue weighted by atomic mass is 16.5. The Morgan fingerprint density at radius 1 is 1.59 bits per heavy atom. The van der Waals surface area contributed by atoms with Crippen LogP contribution in [-0.4, -0.2) is 23.8 Å². The van der Waals surface area contributed by atoms with Gasteiger partial charge in [-0.3, -0.25) is 4.79 Å². The van der Waals surface area contributed by atoms with E-state index in [1.807, 2.05) is 6.08 Å². The van der Waals surface area contributed by atoms with Gasteiger partial charge >= 0.3 is 5.97 Å². The van der Waals surface area contributed by atoms with Gasteiger partial charge in [-0.25, -0.2) is 0 Å². The van der Waals surface area contributed by atoms with Crippen molar-refractivity contribution in [2.75, 3.05) is 6.61 Å². The summed E-state index contributed by atoms with van der Waals surface area (Å²) in [5.74, 6) is 0.704. The lowest BCUT2D eigenvalue weighted by Gasteiger charge is -2.21. The summed E-state index contributed by atoms with van der Waals surface area (Å²) in [6.45, 7) is 5.86. The van der Waals surface area contributed by atoms with Gasteiger partial charge in [-0.1, -0.05) is 25.3 Å². The molecule has 0 aliphatic heterocycles. The Morgan fingerprint density at radius 3 is 2.82 bits per heavy atom. The Bertz CT molecular complexity index is 246. The zero-order chi connectivity index (χ0) is 12.7. The minimum absolute atomic E-state index is 0.108. The maximum Gasteiger partial charge on any atom is 0.308 e. The first-order valence-corrected chi connectivity index (χ1v) is 6.62. The average molecular weight is 240 g/mol. The van der Waals surface area contributed by atoms with Crippen molar-refractivity contribution in [2.24, 2.45) is 11.8 Å². The minimum atomic E-state index is -0.592. The highest BCUT2D eigenvalue weighted by Crippen LogP contribution is 2.36. The minimum Gasteiger partial charge on any atom is -0.466 e. The van der Waals surface area contributed by atoms with Crippen LogP contribution in [0.5, 0.6) is 0 Å². The Labute approximate surface area is 104 Å². The molecule has 0 radical (unpaired) electrons. The quantitative estimate of drug-likeness (QED) is 0.498. The molecule has 3 nitrogen and oxygen atoms in total. The fraction of sp³-hybridized carbons (Fsp3) is 0.786. The number of hydrogen-bond acceptors (Lipinski definition) is 3. The van der Waals surface area contributed by atoms with Crippen LogP contribution >= 0.6 is 0 Å². The monoisotopic (exact) mass is 240 g/mol. The predicted octanol–water partition coefficient (Wildman–Crippen LogP) is 2.68. The molecule has 0 heterocycles. The van der Waals surface area contributed by atoms with Crippen molar-refractivity contribution in [1.29, 1.82) is 0 Å². The molecule has 98 valence electrons. The fourth-order valence-corrected chi connectivity index (χ4v) is 2.10. The summed E-state index contributed by atoms with van der Waals surface area (Å²) >= 11 is 0. The Kier molecular flexibility index (Phi) is 6.27. The fourth-order valence-electron chi connectivity index (χ4n) is 2.10. The number of hydrogen-bond donors (Lipinski definition) is 1. The van der Waals surface area contributed by atoms with Gasteiger partial charge in [-0.2, -0.15) is 0 Å². The van der Waals surface area contributed by atoms with Crippen molar-refractivity contribution in [1.82, 2.24) is 0 Å². The summed E-state index contributed by atoms with van der Waals surface area (Å²) in [6.07, 6.45) is 6.92. The second-order valence-corrected chi connectivity index (χ2v) is 4.88. The molecule has 1 fully saturated rings. The molecule has 0 aromatic rings. The van der Waals surface area contributed by atoms with E-state index in [0.29, 0.717) is 6.61 Å². The maximum atomic E-state index is 11.3. The Hall–Kier alpha value is -0.830. The van der Waals surface area contributed by atoms with E-state index in [2.05, 4.69) is 6.58 Å². The van der Waals surface area contributed by atoms with Crippen molar-refractivity contribution in [3.63, 3.8) is 0 Å². The highest BCUT2D eigenvalue weighted by molar-refractivity contribution is 5.69. The topological polar surface area (TPSA) is 46.5 Å². The van der Waals surface area contributed by atoms with E-state index in [1.165, 1.54) is 19.3 Å². The first kappa shape index (κ1) is 14.2. The molecular weight excluding hydrogens is 216 g/mol. The van der Waals surface area contributed by atoms with Gasteiger partial charge in [0.25, 0.3) is 0 Å². The van der Waals surface area contributed by atoms with E-state index >= 15 is 0 Å². The number of aliphatic hydroxyl groups is 1. The number of aliphatic hydroxyl groups excluding tert-OH is 1. The number of allylic oxidation sites excluding steroid dienone is 1. The van der Waals surface area contributed by atoms with E-state index in [0.717, 1.165) is 18.8 Å². The normalized spacial score (nSPS) is 18.5. The van der Waals surface area contributed by atoms with Gasteiger partial charge in [0, 0.05) is 0 Å². The molecule has 0 spiro atoms. The molecule has 2 atom stereocenters. The van der Waals surface area contributed by atoms with E-state index < -0.39 is 6.10 Å². The molecule has 1 aliphatic carbocycles. The number of carbonyl (C=O) groups excluding carboxylic acids is 1. The molecule has 3 heteroatoms. The van der Waals surface area contributed by atoms with Crippen molar-refractivity contribution in [2.45, 2.75) is 51.6 Å². The summed E-state index contributed by atoms with van der Waals surface area (Å²) in [6, 6.07) is 0. The van der Waals surface area contributed by atoms with Crippen LogP contribution in [0.2, 0.25) is 0 Å². The van der Waals surface area contributed by atoms with Gasteiger partial charge in [0.2, 0.25) is 0 Å². The third-order valence-corrected chi connectivity index (χ3v) is 3.34. The van der Waals surface area contributed by atoms with E-state index in [4.69, 9.17) is 4.74 Å². The van der Waals surface area contributed by atoms with Gasteiger partial charge in [0.15, 0.2) is 0 Å². The van der Waals surface area contributed by atoms with Gasteiger partial charge in [-0.05, 0) is 31.6 Å². The molecule has 0 saturated heterocycles. The zero-order valence-corrected chi connectivity index (χ0v) is 10.7. The van der Waals surface area contributed by atoms with E-state index in [9.17, 15) is 9.90 Å². The second kappa shape index (κ2) is 7.49. The molecule has 17 heavy (non-hydrogen) atoms. The maximum absolute atomic E-state index is 11.3. The van der Waals surface area contributed by atoms with E-state index in [-0.39, 0.29) is 18.3 Å². The lowest BCUT2D eigenvalue weighted by molar-refractivity contribution is -0.146. The van der Waals surface area contributed by atoms with Crippen molar-refractivity contribution in [3.8, 4) is 0 Å². The standard InChI is InChI=1S/C14H24O3/c1-3-5-12(9-8-11-6-7-11)13(15)10-14(16)17-4-2/h3,11-13,15H,1,4-10H2,2H3. The molecule has 2 unspecified atom stereocenters. The Morgan fingerprint density at radius 2 is 2.29 bits per heavy atom. The van der Waals surface area contributed by atoms with Gasteiger partial charge in [0.1, 0.15) is 0 Å². The summed E-state index contributed by atoms with van der Waals surface area (Å²) < 4.78 is 4.85. The van der Waals surface area contributed by atoms with Crippen LogP contribution < -0.4 is 0 Å². The number of carbonyl (C=O) groups is 1. The third-order valence-electron chi connectivity index (χ3n) is 3.34. The largest absolute Gasteiger partial charge is 0.466 e. The van der Waals surface area contributed by atoms with Gasteiger partial charge in [0.05, 0.1) is 19.1 Å². The molecule has 0 bridgehead atoms. The second-order valence-electron chi connectivity index (χ2n) is 4.88. The summed E-state index contributed by atoms with van der Waals surface area (Å²) in [7, 11) is 0. The molecule has 0 aromatic heterocycles. The van der Waals surface area contributed by atoms with Crippen molar-refractivity contribution in [3.05, 3.63) is 12.7 Å². The van der Waals surface area contributed by atoms with E-state index in [1.54, 1.807) is 6.92 Å². The average Bonchev–Trinajstić information content (AvgIpc) is 3.08. The van der Waals surface area contributed by atoms with Crippen LogP contribution in [0.1, 0.15) is 45.4 Å².